The first-order valence-corrected chi connectivity index (χ1v) is 5.26. The molecular weight excluding hydrogens is 202 g/mol. The average Bonchev–Trinajstić information content (AvgIpc) is 2.39. The van der Waals surface area contributed by atoms with E-state index in [4.69, 9.17) is 34.8 Å². The first-order valence-electron chi connectivity index (χ1n) is 4.12. The number of rotatable bonds is 0. The molecule has 0 aromatic rings. The Bertz CT molecular complexity index is 206. The van der Waals surface area contributed by atoms with E-state index in [0.29, 0.717) is 0 Å². The van der Waals surface area contributed by atoms with Gasteiger partial charge in [-0.15, -0.1) is 0 Å². The monoisotopic (exact) mass is 210 g/mol. The van der Waals surface area contributed by atoms with Crippen molar-refractivity contribution in [1.82, 2.24) is 0 Å². The first kappa shape index (κ1) is 7.29. The zero-order valence-electron chi connectivity index (χ0n) is 5.99. The third-order valence-electron chi connectivity index (χ3n) is 4.03. The fourth-order valence-corrected chi connectivity index (χ4v) is 4.72. The Kier molecular flexibility index (Phi) is 1.13. The summed E-state index contributed by atoms with van der Waals surface area (Å²) in [5, 5.41) is 0. The lowest BCUT2D eigenvalue weighted by Crippen LogP contribution is -2.20. The molecule has 4 rings (SSSR count). The van der Waals surface area contributed by atoms with Gasteiger partial charge in [-0.2, -0.15) is 0 Å². The van der Waals surface area contributed by atoms with E-state index in [-0.39, 0.29) is 5.41 Å². The Morgan fingerprint density at radius 2 is 1.64 bits per heavy atom. The lowest BCUT2D eigenvalue weighted by atomic mass is 10.1. The van der Waals surface area contributed by atoms with E-state index in [9.17, 15) is 0 Å². The lowest BCUT2D eigenvalue weighted by Gasteiger charge is -2.21. The highest BCUT2D eigenvalue weighted by Gasteiger charge is 2.80. The number of alkyl halides is 3. The minimum absolute atomic E-state index is 0.127. The second-order valence-corrected chi connectivity index (χ2v) is 6.57. The first-order chi connectivity index (χ1) is 5.06. The second kappa shape index (κ2) is 1.71. The summed E-state index contributed by atoms with van der Waals surface area (Å²) in [5.41, 5.74) is 0.127. The summed E-state index contributed by atoms with van der Waals surface area (Å²) in [6.45, 7) is 0. The van der Waals surface area contributed by atoms with Crippen LogP contribution in [0.4, 0.5) is 0 Å². The third-order valence-corrected chi connectivity index (χ3v) is 5.08. The summed E-state index contributed by atoms with van der Waals surface area (Å²) in [6, 6.07) is 0. The molecule has 0 spiro atoms. The molecule has 11 heavy (non-hydrogen) atoms. The lowest BCUT2D eigenvalue weighted by molar-refractivity contribution is 0.492. The summed E-state index contributed by atoms with van der Waals surface area (Å²) < 4.78 is -0.979. The molecule has 2 unspecified atom stereocenters. The molecule has 3 heteroatoms. The van der Waals surface area contributed by atoms with Crippen LogP contribution in [0, 0.1) is 23.2 Å². The van der Waals surface area contributed by atoms with Gasteiger partial charge in [0.2, 0.25) is 0 Å². The molecule has 4 saturated carbocycles. The molecule has 0 amide bonds. The van der Waals surface area contributed by atoms with Gasteiger partial charge in [0.05, 0.1) is 0 Å². The molecule has 0 aliphatic heterocycles. The topological polar surface area (TPSA) is 0 Å². The maximum Gasteiger partial charge on any atom is 0.196 e. The molecule has 0 saturated heterocycles. The van der Waals surface area contributed by atoms with E-state index >= 15 is 0 Å². The van der Waals surface area contributed by atoms with Gasteiger partial charge in [0.15, 0.2) is 3.79 Å². The van der Waals surface area contributed by atoms with Crippen molar-refractivity contribution in [3.05, 3.63) is 0 Å². The standard InChI is InChI=1S/C8H9Cl3/c9-8(10,11)7-3-4-1-5(7)6(7)2-4/h4-6H,1-3H2. The molecule has 4 aliphatic carbocycles. The molecule has 2 atom stereocenters. The van der Waals surface area contributed by atoms with Gasteiger partial charge in [0.25, 0.3) is 0 Å². The van der Waals surface area contributed by atoms with E-state index in [1.807, 2.05) is 0 Å². The van der Waals surface area contributed by atoms with E-state index in [2.05, 4.69) is 0 Å². The van der Waals surface area contributed by atoms with Crippen molar-refractivity contribution in [1.29, 1.82) is 0 Å². The van der Waals surface area contributed by atoms with E-state index in [1.165, 1.54) is 19.3 Å². The summed E-state index contributed by atoms with van der Waals surface area (Å²) in [6.07, 6.45) is 3.84. The minimum Gasteiger partial charge on any atom is -0.0830 e. The Morgan fingerprint density at radius 3 is 1.82 bits per heavy atom. The van der Waals surface area contributed by atoms with Crippen LogP contribution in [0.3, 0.4) is 0 Å². The summed E-state index contributed by atoms with van der Waals surface area (Å²) in [4.78, 5) is 0. The summed E-state index contributed by atoms with van der Waals surface area (Å²) in [7, 11) is 0. The predicted octanol–water partition coefficient (Wildman–Crippen LogP) is 3.40. The highest BCUT2D eigenvalue weighted by atomic mass is 35.6. The zero-order valence-corrected chi connectivity index (χ0v) is 8.26. The van der Waals surface area contributed by atoms with Crippen LogP contribution in [-0.4, -0.2) is 3.79 Å². The van der Waals surface area contributed by atoms with Crippen LogP contribution in [0.1, 0.15) is 19.3 Å². The van der Waals surface area contributed by atoms with Crippen LogP contribution < -0.4 is 0 Å². The zero-order chi connectivity index (χ0) is 7.85. The Balaban J connectivity index is 2.01. The van der Waals surface area contributed by atoms with Gasteiger partial charge < -0.3 is 0 Å². The molecular formula is C8H9Cl3. The maximum atomic E-state index is 5.97. The van der Waals surface area contributed by atoms with Gasteiger partial charge in [-0.05, 0) is 37.0 Å². The molecule has 0 N–H and O–H groups in total. The normalized spacial score (nSPS) is 58.6. The van der Waals surface area contributed by atoms with Crippen LogP contribution >= 0.6 is 34.8 Å². The number of halogens is 3. The molecule has 0 aromatic heterocycles. The largest absolute Gasteiger partial charge is 0.196 e. The molecule has 0 heterocycles. The second-order valence-electron chi connectivity index (χ2n) is 4.29. The Morgan fingerprint density at radius 1 is 1.09 bits per heavy atom. The van der Waals surface area contributed by atoms with Crippen LogP contribution in [0.2, 0.25) is 0 Å². The summed E-state index contributed by atoms with van der Waals surface area (Å²) >= 11 is 17.9. The van der Waals surface area contributed by atoms with Gasteiger partial charge in [-0.3, -0.25) is 0 Å². The van der Waals surface area contributed by atoms with Gasteiger partial charge in [-0.1, -0.05) is 34.8 Å². The van der Waals surface area contributed by atoms with Gasteiger partial charge in [0, 0.05) is 5.41 Å². The number of hydrogen-bond acceptors (Lipinski definition) is 0. The van der Waals surface area contributed by atoms with Crippen LogP contribution in [0.15, 0.2) is 0 Å². The fourth-order valence-electron chi connectivity index (χ4n) is 3.65. The molecule has 4 bridgehead atoms. The fraction of sp³-hybridized carbons (Fsp3) is 1.00. The molecule has 62 valence electrons. The molecule has 0 nitrogen and oxygen atoms in total. The molecule has 0 radical (unpaired) electrons. The third kappa shape index (κ3) is 0.629. The molecule has 4 aliphatic rings. The smallest absolute Gasteiger partial charge is 0.0830 e. The quantitative estimate of drug-likeness (QED) is 0.539. The van der Waals surface area contributed by atoms with Crippen molar-refractivity contribution < 1.29 is 0 Å². The predicted molar refractivity (Wildman–Crippen MR) is 47.0 cm³/mol. The molecule has 0 aromatic carbocycles. The highest BCUT2D eigenvalue weighted by molar-refractivity contribution is 6.68. The van der Waals surface area contributed by atoms with Gasteiger partial charge in [-0.25, -0.2) is 0 Å². The van der Waals surface area contributed by atoms with Gasteiger partial charge >= 0.3 is 0 Å². The maximum absolute atomic E-state index is 5.97. The van der Waals surface area contributed by atoms with E-state index < -0.39 is 3.79 Å². The van der Waals surface area contributed by atoms with Crippen LogP contribution in [-0.2, 0) is 0 Å². The minimum atomic E-state index is -0.979. The molecule has 4 fully saturated rings. The van der Waals surface area contributed by atoms with E-state index in [1.54, 1.807) is 0 Å². The summed E-state index contributed by atoms with van der Waals surface area (Å²) in [5.74, 6) is 2.42. The van der Waals surface area contributed by atoms with Crippen molar-refractivity contribution in [3.63, 3.8) is 0 Å². The van der Waals surface area contributed by atoms with Crippen molar-refractivity contribution in [2.45, 2.75) is 23.1 Å². The highest BCUT2D eigenvalue weighted by Crippen LogP contribution is 2.84. The Hall–Kier alpha value is 0.870. The van der Waals surface area contributed by atoms with Crippen molar-refractivity contribution >= 4 is 34.8 Å². The van der Waals surface area contributed by atoms with Gasteiger partial charge in [0.1, 0.15) is 0 Å². The van der Waals surface area contributed by atoms with Crippen molar-refractivity contribution in [3.8, 4) is 0 Å². The van der Waals surface area contributed by atoms with Crippen molar-refractivity contribution in [2.75, 3.05) is 0 Å². The van der Waals surface area contributed by atoms with Crippen LogP contribution in [0.5, 0.6) is 0 Å². The average molecular weight is 212 g/mol. The van der Waals surface area contributed by atoms with Crippen LogP contribution in [0.25, 0.3) is 0 Å². The number of hydrogen-bond donors (Lipinski definition) is 0. The van der Waals surface area contributed by atoms with E-state index in [0.717, 1.165) is 17.8 Å². The van der Waals surface area contributed by atoms with Crippen molar-refractivity contribution in [2.24, 2.45) is 23.2 Å². The SMILES string of the molecule is ClC(Cl)(Cl)C12CC3CC1C2C3. The Labute approximate surface area is 81.2 Å².